The van der Waals surface area contributed by atoms with Crippen molar-refractivity contribution in [2.45, 2.75) is 45.3 Å². The second kappa shape index (κ2) is 7.13. The molecule has 0 radical (unpaired) electrons. The van der Waals surface area contributed by atoms with Crippen molar-refractivity contribution >= 4 is 5.91 Å². The molecule has 128 valence electrons. The minimum absolute atomic E-state index is 0.151. The van der Waals surface area contributed by atoms with Crippen LogP contribution in [0.5, 0.6) is 0 Å². The van der Waals surface area contributed by atoms with Gasteiger partial charge in [-0.2, -0.15) is 0 Å². The predicted octanol–water partition coefficient (Wildman–Crippen LogP) is 3.37. The Hall–Kier alpha value is -2.21. The van der Waals surface area contributed by atoms with Gasteiger partial charge in [-0.1, -0.05) is 30.1 Å². The first kappa shape index (κ1) is 16.6. The number of carbonyl (C=O) groups excluding carboxylic acids is 1. The Morgan fingerprint density at radius 2 is 2.25 bits per heavy atom. The fraction of sp³-hybridized carbons (Fsp3) is 0.444. The summed E-state index contributed by atoms with van der Waals surface area (Å²) in [4.78, 5) is 14.7. The van der Waals surface area contributed by atoms with Gasteiger partial charge in [0, 0.05) is 6.54 Å². The SMILES string of the molecule is Cc1onc(C(=O)N2CCCCC[C@@H]2c2cccc(F)c2)c1CO. The van der Waals surface area contributed by atoms with Crippen LogP contribution in [0.15, 0.2) is 28.8 Å². The molecule has 3 rings (SSSR count). The molecule has 1 atom stereocenters. The van der Waals surface area contributed by atoms with Gasteiger partial charge in [-0.15, -0.1) is 0 Å². The molecule has 1 aromatic carbocycles. The van der Waals surface area contributed by atoms with Crippen molar-refractivity contribution in [2.75, 3.05) is 6.54 Å². The number of benzene rings is 1. The maximum absolute atomic E-state index is 13.6. The van der Waals surface area contributed by atoms with Crippen LogP contribution in [-0.2, 0) is 6.61 Å². The first-order chi connectivity index (χ1) is 11.6. The van der Waals surface area contributed by atoms with Gasteiger partial charge in [0.25, 0.3) is 5.91 Å². The van der Waals surface area contributed by atoms with Gasteiger partial charge in [-0.25, -0.2) is 4.39 Å². The van der Waals surface area contributed by atoms with Crippen LogP contribution in [0.3, 0.4) is 0 Å². The minimum atomic E-state index is -0.308. The van der Waals surface area contributed by atoms with E-state index in [9.17, 15) is 14.3 Å². The molecule has 2 aromatic rings. The monoisotopic (exact) mass is 332 g/mol. The molecule has 1 amide bonds. The molecule has 5 nitrogen and oxygen atoms in total. The third-order valence-electron chi connectivity index (χ3n) is 4.59. The molecule has 1 aliphatic rings. The van der Waals surface area contributed by atoms with Gasteiger partial charge in [-0.05, 0) is 37.5 Å². The number of nitrogens with zero attached hydrogens (tertiary/aromatic N) is 2. The Balaban J connectivity index is 1.96. The highest BCUT2D eigenvalue weighted by atomic mass is 19.1. The van der Waals surface area contributed by atoms with E-state index in [1.54, 1.807) is 17.9 Å². The summed E-state index contributed by atoms with van der Waals surface area (Å²) >= 11 is 0. The molecule has 0 unspecified atom stereocenters. The largest absolute Gasteiger partial charge is 0.391 e. The van der Waals surface area contributed by atoms with E-state index in [1.165, 1.54) is 12.1 Å². The van der Waals surface area contributed by atoms with Crippen molar-refractivity contribution in [2.24, 2.45) is 0 Å². The lowest BCUT2D eigenvalue weighted by Gasteiger charge is -2.30. The van der Waals surface area contributed by atoms with Crippen molar-refractivity contribution in [3.63, 3.8) is 0 Å². The molecule has 0 bridgehead atoms. The molecule has 0 spiro atoms. The molecule has 1 saturated heterocycles. The van der Waals surface area contributed by atoms with Gasteiger partial charge >= 0.3 is 0 Å². The van der Waals surface area contributed by atoms with Crippen LogP contribution in [0.1, 0.15) is 59.1 Å². The summed E-state index contributed by atoms with van der Waals surface area (Å²) in [5.41, 5.74) is 1.36. The van der Waals surface area contributed by atoms with Gasteiger partial charge in [0.05, 0.1) is 18.2 Å². The van der Waals surface area contributed by atoms with Gasteiger partial charge in [0.2, 0.25) is 0 Å². The van der Waals surface area contributed by atoms with E-state index in [0.29, 0.717) is 17.9 Å². The van der Waals surface area contributed by atoms with E-state index < -0.39 is 0 Å². The maximum atomic E-state index is 13.6. The van der Waals surface area contributed by atoms with Gasteiger partial charge in [-0.3, -0.25) is 4.79 Å². The molecular weight excluding hydrogens is 311 g/mol. The number of hydrogen-bond donors (Lipinski definition) is 1. The molecule has 2 heterocycles. The van der Waals surface area contributed by atoms with Gasteiger partial charge in [0.1, 0.15) is 11.6 Å². The molecular formula is C18H21FN2O3. The highest BCUT2D eigenvalue weighted by molar-refractivity contribution is 5.94. The van der Waals surface area contributed by atoms with Crippen molar-refractivity contribution < 1.29 is 18.8 Å². The number of halogens is 1. The highest BCUT2D eigenvalue weighted by Crippen LogP contribution is 2.32. The quantitative estimate of drug-likeness (QED) is 0.936. The van der Waals surface area contributed by atoms with Crippen molar-refractivity contribution in [1.29, 1.82) is 0 Å². The molecule has 1 aliphatic heterocycles. The lowest BCUT2D eigenvalue weighted by atomic mass is 10.00. The van der Waals surface area contributed by atoms with E-state index in [0.717, 1.165) is 31.2 Å². The van der Waals surface area contributed by atoms with Crippen molar-refractivity contribution in [1.82, 2.24) is 10.1 Å². The number of hydrogen-bond acceptors (Lipinski definition) is 4. The Bertz CT molecular complexity index is 729. The predicted molar refractivity (Wildman–Crippen MR) is 85.8 cm³/mol. The Labute approximate surface area is 140 Å². The number of aliphatic hydroxyl groups is 1. The zero-order chi connectivity index (χ0) is 17.1. The van der Waals surface area contributed by atoms with Crippen LogP contribution in [-0.4, -0.2) is 27.6 Å². The Morgan fingerprint density at radius 1 is 1.42 bits per heavy atom. The number of aliphatic hydroxyl groups excluding tert-OH is 1. The lowest BCUT2D eigenvalue weighted by molar-refractivity contribution is 0.0667. The molecule has 0 saturated carbocycles. The summed E-state index contributed by atoms with van der Waals surface area (Å²) in [6.45, 7) is 1.95. The Morgan fingerprint density at radius 3 is 3.00 bits per heavy atom. The van der Waals surface area contributed by atoms with Crippen LogP contribution in [0.25, 0.3) is 0 Å². The number of amides is 1. The molecule has 1 aromatic heterocycles. The number of aryl methyl sites for hydroxylation is 1. The fourth-order valence-corrected chi connectivity index (χ4v) is 3.29. The maximum Gasteiger partial charge on any atom is 0.276 e. The summed E-state index contributed by atoms with van der Waals surface area (Å²) in [6, 6.07) is 6.20. The van der Waals surface area contributed by atoms with Crippen molar-refractivity contribution in [3.05, 3.63) is 52.7 Å². The zero-order valence-corrected chi connectivity index (χ0v) is 13.7. The van der Waals surface area contributed by atoms with E-state index in [4.69, 9.17) is 4.52 Å². The van der Waals surface area contributed by atoms with E-state index in [1.807, 2.05) is 6.07 Å². The summed E-state index contributed by atoms with van der Waals surface area (Å²) in [6.07, 6.45) is 3.68. The zero-order valence-electron chi connectivity index (χ0n) is 13.7. The highest BCUT2D eigenvalue weighted by Gasteiger charge is 2.31. The van der Waals surface area contributed by atoms with E-state index in [2.05, 4.69) is 5.16 Å². The average Bonchev–Trinajstić information content (AvgIpc) is 2.80. The van der Waals surface area contributed by atoms with Gasteiger partial charge < -0.3 is 14.5 Å². The van der Waals surface area contributed by atoms with Crippen LogP contribution in [0.2, 0.25) is 0 Å². The molecule has 0 aliphatic carbocycles. The lowest BCUT2D eigenvalue weighted by Crippen LogP contribution is -2.35. The smallest absolute Gasteiger partial charge is 0.276 e. The minimum Gasteiger partial charge on any atom is -0.391 e. The van der Waals surface area contributed by atoms with Crippen molar-refractivity contribution in [3.8, 4) is 0 Å². The summed E-state index contributed by atoms with van der Waals surface area (Å²) in [7, 11) is 0. The molecule has 24 heavy (non-hydrogen) atoms. The van der Waals surface area contributed by atoms with E-state index in [-0.39, 0.29) is 30.1 Å². The number of carbonyl (C=O) groups is 1. The summed E-state index contributed by atoms with van der Waals surface area (Å²) < 4.78 is 18.7. The van der Waals surface area contributed by atoms with Crippen LogP contribution >= 0.6 is 0 Å². The fourth-order valence-electron chi connectivity index (χ4n) is 3.29. The van der Waals surface area contributed by atoms with Crippen LogP contribution in [0.4, 0.5) is 4.39 Å². The van der Waals surface area contributed by atoms with E-state index >= 15 is 0 Å². The normalized spacial score (nSPS) is 18.5. The molecule has 6 heteroatoms. The second-order valence-corrected chi connectivity index (χ2v) is 6.14. The van der Waals surface area contributed by atoms with Gasteiger partial charge in [0.15, 0.2) is 5.69 Å². The first-order valence-corrected chi connectivity index (χ1v) is 8.24. The Kier molecular flexibility index (Phi) is 4.94. The average molecular weight is 332 g/mol. The standard InChI is InChI=1S/C18H21FN2O3/c1-12-15(11-22)17(20-24-12)18(23)21-9-4-2-3-8-16(21)13-6-5-7-14(19)10-13/h5-7,10,16,22H,2-4,8-9,11H2,1H3/t16-/m1/s1. The number of likely N-dealkylation sites (tertiary alicyclic amines) is 1. The third-order valence-corrected chi connectivity index (χ3v) is 4.59. The second-order valence-electron chi connectivity index (χ2n) is 6.14. The molecule has 1 fully saturated rings. The number of aromatic nitrogens is 1. The third kappa shape index (κ3) is 3.19. The topological polar surface area (TPSA) is 66.6 Å². The first-order valence-electron chi connectivity index (χ1n) is 8.24. The van der Waals surface area contributed by atoms with Crippen LogP contribution < -0.4 is 0 Å². The summed E-state index contributed by atoms with van der Waals surface area (Å²) in [5.74, 6) is -0.137. The summed E-state index contributed by atoms with van der Waals surface area (Å²) in [5, 5.41) is 13.3. The van der Waals surface area contributed by atoms with Crippen LogP contribution in [0, 0.1) is 12.7 Å². The number of rotatable bonds is 3. The molecule has 1 N–H and O–H groups in total.